The summed E-state index contributed by atoms with van der Waals surface area (Å²) in [5.74, 6) is -6.73. The zero-order chi connectivity index (χ0) is 24.8. The number of fused-ring (bicyclic) bond motifs is 1. The average Bonchev–Trinajstić information content (AvgIpc) is 3.07. The predicted octanol–water partition coefficient (Wildman–Crippen LogP) is 2.93. The fraction of sp³-hybridized carbons (Fsp3) is 0.545. The van der Waals surface area contributed by atoms with E-state index in [2.05, 4.69) is 5.32 Å². The van der Waals surface area contributed by atoms with Gasteiger partial charge in [-0.05, 0) is 48.9 Å². The van der Waals surface area contributed by atoms with Crippen molar-refractivity contribution in [3.05, 3.63) is 34.9 Å². The van der Waals surface area contributed by atoms with Gasteiger partial charge in [-0.3, -0.25) is 24.5 Å². The van der Waals surface area contributed by atoms with Gasteiger partial charge in [-0.15, -0.1) is 0 Å². The SMILES string of the molecule is O=C1CCC(N2Cc3cc(C(=O)N[C@H](C4CCC(F)(F)CC4)C(F)(F)F)ccc3C2=O)C(=O)N1. The molecule has 0 radical (unpaired) electrons. The van der Waals surface area contributed by atoms with Crippen molar-refractivity contribution in [3.8, 4) is 0 Å². The Hall–Kier alpha value is -3.05. The molecule has 0 aromatic heterocycles. The van der Waals surface area contributed by atoms with Gasteiger partial charge in [0.05, 0.1) is 0 Å². The van der Waals surface area contributed by atoms with Gasteiger partial charge in [0.15, 0.2) is 0 Å². The van der Waals surface area contributed by atoms with Crippen LogP contribution in [0.15, 0.2) is 18.2 Å². The highest BCUT2D eigenvalue weighted by Gasteiger charge is 2.49. The van der Waals surface area contributed by atoms with Crippen LogP contribution in [0.5, 0.6) is 0 Å². The molecule has 1 unspecified atom stereocenters. The third kappa shape index (κ3) is 4.76. The van der Waals surface area contributed by atoms with E-state index in [0.717, 1.165) is 0 Å². The van der Waals surface area contributed by atoms with Gasteiger partial charge in [0.1, 0.15) is 12.1 Å². The monoisotopic (exact) mass is 487 g/mol. The molecule has 1 aromatic carbocycles. The molecule has 7 nitrogen and oxygen atoms in total. The molecule has 2 aliphatic heterocycles. The van der Waals surface area contributed by atoms with Crippen LogP contribution in [-0.2, 0) is 16.1 Å². The molecule has 4 amide bonds. The van der Waals surface area contributed by atoms with E-state index >= 15 is 0 Å². The predicted molar refractivity (Wildman–Crippen MR) is 107 cm³/mol. The summed E-state index contributed by atoms with van der Waals surface area (Å²) < 4.78 is 67.7. The number of hydrogen-bond acceptors (Lipinski definition) is 4. The molecule has 2 heterocycles. The van der Waals surface area contributed by atoms with Crippen molar-refractivity contribution < 1.29 is 41.1 Å². The lowest BCUT2D eigenvalue weighted by Crippen LogP contribution is -2.52. The molecule has 2 fully saturated rings. The van der Waals surface area contributed by atoms with Crippen molar-refractivity contribution in [2.75, 3.05) is 0 Å². The topological polar surface area (TPSA) is 95.6 Å². The summed E-state index contributed by atoms with van der Waals surface area (Å²) in [5.41, 5.74) is 0.457. The van der Waals surface area contributed by atoms with Crippen LogP contribution < -0.4 is 10.6 Å². The number of nitrogens with zero attached hydrogens (tertiary/aromatic N) is 1. The van der Waals surface area contributed by atoms with Crippen molar-refractivity contribution in [1.29, 1.82) is 0 Å². The van der Waals surface area contributed by atoms with Crippen LogP contribution in [0.3, 0.4) is 0 Å². The maximum atomic E-state index is 13.7. The van der Waals surface area contributed by atoms with Gasteiger partial charge in [0.2, 0.25) is 17.7 Å². The van der Waals surface area contributed by atoms with Gasteiger partial charge >= 0.3 is 6.18 Å². The van der Waals surface area contributed by atoms with Crippen LogP contribution in [-0.4, -0.2) is 52.7 Å². The molecule has 1 saturated heterocycles. The minimum atomic E-state index is -4.82. The van der Waals surface area contributed by atoms with Crippen LogP contribution >= 0.6 is 0 Å². The van der Waals surface area contributed by atoms with Gasteiger partial charge in [0, 0.05) is 36.9 Å². The fourth-order valence-electron chi connectivity index (χ4n) is 4.80. The molecule has 0 bridgehead atoms. The molecule has 1 saturated carbocycles. The van der Waals surface area contributed by atoms with E-state index in [1.165, 1.54) is 23.1 Å². The molecule has 2 N–H and O–H groups in total. The Labute approximate surface area is 191 Å². The van der Waals surface area contributed by atoms with Crippen molar-refractivity contribution >= 4 is 23.6 Å². The second kappa shape index (κ2) is 8.62. The third-order valence-electron chi connectivity index (χ3n) is 6.66. The van der Waals surface area contributed by atoms with Gasteiger partial charge in [0.25, 0.3) is 11.8 Å². The third-order valence-corrected chi connectivity index (χ3v) is 6.66. The number of imide groups is 1. The Morgan fingerprint density at radius 1 is 1.12 bits per heavy atom. The Morgan fingerprint density at radius 3 is 2.41 bits per heavy atom. The second-order valence-corrected chi connectivity index (χ2v) is 8.96. The minimum absolute atomic E-state index is 0.0397. The Kier molecular flexibility index (Phi) is 6.11. The van der Waals surface area contributed by atoms with Gasteiger partial charge in [-0.25, -0.2) is 8.78 Å². The Morgan fingerprint density at radius 2 is 1.79 bits per heavy atom. The van der Waals surface area contributed by atoms with Crippen LogP contribution in [0.4, 0.5) is 22.0 Å². The molecular weight excluding hydrogens is 465 g/mol. The van der Waals surface area contributed by atoms with Crippen molar-refractivity contribution in [3.63, 3.8) is 0 Å². The quantitative estimate of drug-likeness (QED) is 0.505. The van der Waals surface area contributed by atoms with E-state index in [-0.39, 0.29) is 43.4 Å². The number of halogens is 5. The molecule has 34 heavy (non-hydrogen) atoms. The van der Waals surface area contributed by atoms with E-state index in [0.29, 0.717) is 5.56 Å². The first-order valence-electron chi connectivity index (χ1n) is 10.9. The van der Waals surface area contributed by atoms with Crippen LogP contribution in [0.2, 0.25) is 0 Å². The summed E-state index contributed by atoms with van der Waals surface area (Å²) in [6.45, 7) is -0.0397. The number of nitrogens with one attached hydrogen (secondary N) is 2. The summed E-state index contributed by atoms with van der Waals surface area (Å²) in [4.78, 5) is 50.1. The summed E-state index contributed by atoms with van der Waals surface area (Å²) in [7, 11) is 0. The average molecular weight is 487 g/mol. The molecule has 1 aliphatic carbocycles. The number of benzene rings is 1. The normalized spacial score (nSPS) is 24.0. The van der Waals surface area contributed by atoms with Gasteiger partial charge in [-0.1, -0.05) is 0 Å². The van der Waals surface area contributed by atoms with Crippen LogP contribution in [0, 0.1) is 5.92 Å². The summed E-state index contributed by atoms with van der Waals surface area (Å²) >= 11 is 0. The van der Waals surface area contributed by atoms with Crippen molar-refractivity contribution in [2.24, 2.45) is 5.92 Å². The van der Waals surface area contributed by atoms with E-state index in [9.17, 15) is 41.1 Å². The zero-order valence-corrected chi connectivity index (χ0v) is 17.9. The highest BCUT2D eigenvalue weighted by atomic mass is 19.4. The maximum Gasteiger partial charge on any atom is 0.408 e. The molecule has 0 spiro atoms. The fourth-order valence-corrected chi connectivity index (χ4v) is 4.80. The molecule has 3 aliphatic rings. The number of alkyl halides is 5. The molecule has 4 rings (SSSR count). The van der Waals surface area contributed by atoms with Crippen molar-refractivity contribution in [2.45, 2.75) is 69.3 Å². The highest BCUT2D eigenvalue weighted by molar-refractivity contribution is 6.06. The molecule has 2 atom stereocenters. The lowest BCUT2D eigenvalue weighted by molar-refractivity contribution is -0.173. The molecular formula is C22H22F5N3O4. The first-order valence-corrected chi connectivity index (χ1v) is 10.9. The molecule has 1 aromatic rings. The summed E-state index contributed by atoms with van der Waals surface area (Å²) in [6, 6.07) is 0.668. The molecule has 12 heteroatoms. The van der Waals surface area contributed by atoms with E-state index in [1.807, 2.05) is 5.32 Å². The molecule has 184 valence electrons. The second-order valence-electron chi connectivity index (χ2n) is 8.96. The number of carbonyl (C=O) groups excluding carboxylic acids is 4. The van der Waals surface area contributed by atoms with Crippen LogP contribution in [0.25, 0.3) is 0 Å². The first-order chi connectivity index (χ1) is 15.9. The number of rotatable bonds is 4. The van der Waals surface area contributed by atoms with Gasteiger partial charge in [-0.2, -0.15) is 13.2 Å². The largest absolute Gasteiger partial charge is 0.408 e. The van der Waals surface area contributed by atoms with E-state index in [1.54, 1.807) is 0 Å². The number of carbonyl (C=O) groups is 4. The Balaban J connectivity index is 1.48. The first kappa shape index (κ1) is 24.1. The van der Waals surface area contributed by atoms with Crippen LogP contribution in [0.1, 0.15) is 64.8 Å². The van der Waals surface area contributed by atoms with E-state index < -0.39 is 66.6 Å². The number of amides is 4. The lowest BCUT2D eigenvalue weighted by atomic mass is 9.81. The smallest absolute Gasteiger partial charge is 0.340 e. The minimum Gasteiger partial charge on any atom is -0.340 e. The summed E-state index contributed by atoms with van der Waals surface area (Å²) in [5, 5.41) is 4.12. The standard InChI is InChI=1S/C22H22F5N3O4/c23-21(24)7-5-11(6-8-21)17(22(25,26)27)29-18(32)12-1-2-14-13(9-12)10-30(20(14)34)15-3-4-16(31)28-19(15)33/h1-2,9,11,15,17H,3-8,10H2,(H,29,32)(H,28,31,33)/t15?,17-/m1/s1. The number of piperidine rings is 1. The Bertz CT molecular complexity index is 1030. The maximum absolute atomic E-state index is 13.7. The summed E-state index contributed by atoms with van der Waals surface area (Å²) in [6.07, 6.45) is -6.67. The lowest BCUT2D eigenvalue weighted by Gasteiger charge is -2.35. The highest BCUT2D eigenvalue weighted by Crippen LogP contribution is 2.41. The van der Waals surface area contributed by atoms with E-state index in [4.69, 9.17) is 0 Å². The number of hydrogen-bond donors (Lipinski definition) is 2. The van der Waals surface area contributed by atoms with Gasteiger partial charge < -0.3 is 10.2 Å². The van der Waals surface area contributed by atoms with Crippen molar-refractivity contribution in [1.82, 2.24) is 15.5 Å². The zero-order valence-electron chi connectivity index (χ0n) is 17.9.